The Balaban J connectivity index is 1.18. The van der Waals surface area contributed by atoms with E-state index in [4.69, 9.17) is 4.74 Å². The Morgan fingerprint density at radius 1 is 1.05 bits per heavy atom. The number of fused-ring (bicyclic) bond motifs is 2. The SMILES string of the molecule is CCN1CCN(Cc2ccc(CC(=O)N3CCc4cc(Br)c(Oc5ccnc6[nH]ccc56)cc4C3C)cc2C(F)(F)F)CC1. The van der Waals surface area contributed by atoms with Crippen molar-refractivity contribution in [3.8, 4) is 11.5 Å². The van der Waals surface area contributed by atoms with Gasteiger partial charge in [-0.3, -0.25) is 9.69 Å². The summed E-state index contributed by atoms with van der Waals surface area (Å²) in [7, 11) is 0. The zero-order chi connectivity index (χ0) is 31.0. The molecule has 0 saturated carbocycles. The summed E-state index contributed by atoms with van der Waals surface area (Å²) in [6.45, 7) is 8.91. The molecule has 1 amide bonds. The van der Waals surface area contributed by atoms with Crippen LogP contribution in [-0.2, 0) is 30.4 Å². The average Bonchev–Trinajstić information content (AvgIpc) is 3.49. The van der Waals surface area contributed by atoms with E-state index in [2.05, 4.69) is 42.6 Å². The Labute approximate surface area is 263 Å². The topological polar surface area (TPSA) is 64.7 Å². The number of rotatable bonds is 7. The highest BCUT2D eigenvalue weighted by Crippen LogP contribution is 2.40. The number of alkyl halides is 3. The number of aromatic nitrogens is 2. The van der Waals surface area contributed by atoms with Gasteiger partial charge < -0.3 is 19.5 Å². The lowest BCUT2D eigenvalue weighted by Gasteiger charge is -2.36. The van der Waals surface area contributed by atoms with E-state index in [9.17, 15) is 18.0 Å². The van der Waals surface area contributed by atoms with Gasteiger partial charge in [-0.2, -0.15) is 13.2 Å². The van der Waals surface area contributed by atoms with Gasteiger partial charge in [-0.15, -0.1) is 0 Å². The van der Waals surface area contributed by atoms with E-state index in [0.717, 1.165) is 65.4 Å². The molecule has 232 valence electrons. The maximum atomic E-state index is 14.2. The van der Waals surface area contributed by atoms with Gasteiger partial charge in [-0.1, -0.05) is 19.1 Å². The molecule has 2 aromatic heterocycles. The Kier molecular flexibility index (Phi) is 8.72. The fourth-order valence-electron chi connectivity index (χ4n) is 6.30. The summed E-state index contributed by atoms with van der Waals surface area (Å²) < 4.78 is 49.6. The molecule has 0 spiro atoms. The Morgan fingerprint density at radius 3 is 2.57 bits per heavy atom. The number of halogens is 4. The van der Waals surface area contributed by atoms with Gasteiger partial charge in [0, 0.05) is 51.7 Å². The van der Waals surface area contributed by atoms with E-state index < -0.39 is 11.7 Å². The Bertz CT molecular complexity index is 1670. The summed E-state index contributed by atoms with van der Waals surface area (Å²) in [6, 6.07) is 11.8. The van der Waals surface area contributed by atoms with E-state index in [-0.39, 0.29) is 30.5 Å². The first-order valence-electron chi connectivity index (χ1n) is 15.0. The summed E-state index contributed by atoms with van der Waals surface area (Å²) in [5.41, 5.74) is 2.74. The number of carbonyl (C=O) groups excluding carboxylic acids is 1. The number of aromatic amines is 1. The molecular weight excluding hydrogens is 635 g/mol. The van der Waals surface area contributed by atoms with Crippen molar-refractivity contribution in [2.24, 2.45) is 0 Å². The van der Waals surface area contributed by atoms with Crippen LogP contribution in [0.2, 0.25) is 0 Å². The second-order valence-corrected chi connectivity index (χ2v) is 12.4. The number of carbonyl (C=O) groups is 1. The number of likely N-dealkylation sites (N-methyl/N-ethyl adjacent to an activating group) is 1. The zero-order valence-electron chi connectivity index (χ0n) is 24.8. The van der Waals surface area contributed by atoms with Crippen LogP contribution in [0.3, 0.4) is 0 Å². The molecule has 1 N–H and O–H groups in total. The molecule has 1 fully saturated rings. The number of hydrogen-bond donors (Lipinski definition) is 1. The van der Waals surface area contributed by atoms with Crippen LogP contribution in [0.1, 0.15) is 47.7 Å². The number of ether oxygens (including phenoxy) is 1. The molecule has 2 aliphatic heterocycles. The number of hydrogen-bond acceptors (Lipinski definition) is 5. The number of amides is 1. The zero-order valence-corrected chi connectivity index (χ0v) is 26.3. The van der Waals surface area contributed by atoms with Gasteiger partial charge in [0.25, 0.3) is 0 Å². The standard InChI is InChI=1S/C33H35BrF3N5O2/c1-3-40-12-14-41(15-13-40)20-24-5-4-22(16-27(24)33(35,36)37)17-31(43)42-11-8-23-18-28(34)30(19-26(23)21(42)2)44-29-7-10-39-32-25(29)6-9-38-32/h4-7,9-10,16,18-19,21H,3,8,11-15,17,20H2,1-2H3,(H,38,39). The first-order valence-corrected chi connectivity index (χ1v) is 15.8. The summed E-state index contributed by atoms with van der Waals surface area (Å²) >= 11 is 3.64. The molecule has 6 rings (SSSR count). The van der Waals surface area contributed by atoms with Crippen LogP contribution in [0.25, 0.3) is 11.0 Å². The van der Waals surface area contributed by atoms with Crippen molar-refractivity contribution in [1.29, 1.82) is 0 Å². The fourth-order valence-corrected chi connectivity index (χ4v) is 6.77. The monoisotopic (exact) mass is 669 g/mol. The second kappa shape index (κ2) is 12.5. The molecule has 1 saturated heterocycles. The molecule has 1 unspecified atom stereocenters. The van der Waals surface area contributed by atoms with Gasteiger partial charge in [0.15, 0.2) is 0 Å². The third-order valence-corrected chi connectivity index (χ3v) is 9.45. The predicted octanol–water partition coefficient (Wildman–Crippen LogP) is 6.96. The summed E-state index contributed by atoms with van der Waals surface area (Å²) in [6.07, 6.45) is -0.479. The van der Waals surface area contributed by atoms with Crippen molar-refractivity contribution < 1.29 is 22.7 Å². The van der Waals surface area contributed by atoms with Gasteiger partial charge in [0.05, 0.1) is 27.9 Å². The van der Waals surface area contributed by atoms with Crippen molar-refractivity contribution >= 4 is 32.9 Å². The van der Waals surface area contributed by atoms with Crippen LogP contribution in [-0.4, -0.2) is 69.8 Å². The Morgan fingerprint density at radius 2 is 1.82 bits per heavy atom. The highest BCUT2D eigenvalue weighted by molar-refractivity contribution is 9.10. The molecule has 4 heterocycles. The van der Waals surface area contributed by atoms with Gasteiger partial charge in [-0.05, 0) is 88.4 Å². The molecule has 0 bridgehead atoms. The lowest BCUT2D eigenvalue weighted by molar-refractivity contribution is -0.139. The summed E-state index contributed by atoms with van der Waals surface area (Å²) in [5, 5.41) is 0.852. The third-order valence-electron chi connectivity index (χ3n) is 8.83. The van der Waals surface area contributed by atoms with Gasteiger partial charge >= 0.3 is 6.18 Å². The van der Waals surface area contributed by atoms with E-state index in [1.807, 2.05) is 25.1 Å². The third kappa shape index (κ3) is 6.36. The quantitative estimate of drug-likeness (QED) is 0.231. The van der Waals surface area contributed by atoms with Crippen molar-refractivity contribution in [1.82, 2.24) is 24.7 Å². The van der Waals surface area contributed by atoms with Crippen LogP contribution >= 0.6 is 15.9 Å². The molecule has 0 radical (unpaired) electrons. The maximum absolute atomic E-state index is 14.2. The minimum absolute atomic E-state index is 0.0966. The van der Waals surface area contributed by atoms with Crippen molar-refractivity contribution in [2.45, 2.75) is 45.5 Å². The van der Waals surface area contributed by atoms with Gasteiger partial charge in [-0.25, -0.2) is 4.98 Å². The van der Waals surface area contributed by atoms with E-state index >= 15 is 0 Å². The number of H-pyrrole nitrogens is 1. The highest BCUT2D eigenvalue weighted by atomic mass is 79.9. The van der Waals surface area contributed by atoms with Crippen molar-refractivity contribution in [3.05, 3.63) is 87.1 Å². The van der Waals surface area contributed by atoms with E-state index in [1.165, 1.54) is 0 Å². The first-order chi connectivity index (χ1) is 21.1. The predicted molar refractivity (Wildman–Crippen MR) is 167 cm³/mol. The molecule has 11 heteroatoms. The van der Waals surface area contributed by atoms with Crippen LogP contribution in [0.5, 0.6) is 11.5 Å². The number of nitrogens with one attached hydrogen (secondary N) is 1. The first kappa shape index (κ1) is 30.6. The molecular formula is C33H35BrF3N5O2. The maximum Gasteiger partial charge on any atom is 0.416 e. The fraction of sp³-hybridized carbons (Fsp3) is 0.394. The number of nitrogens with zero attached hydrogens (tertiary/aromatic N) is 4. The van der Waals surface area contributed by atoms with Crippen molar-refractivity contribution in [2.75, 3.05) is 39.3 Å². The second-order valence-electron chi connectivity index (χ2n) is 11.5. The summed E-state index contributed by atoms with van der Waals surface area (Å²) in [5.74, 6) is 1.06. The molecule has 4 aromatic rings. The minimum atomic E-state index is -4.50. The molecule has 0 aliphatic carbocycles. The van der Waals surface area contributed by atoms with Gasteiger partial charge in [0.2, 0.25) is 5.91 Å². The van der Waals surface area contributed by atoms with E-state index in [1.54, 1.807) is 35.5 Å². The average molecular weight is 671 g/mol. The highest BCUT2D eigenvalue weighted by Gasteiger charge is 2.35. The molecule has 44 heavy (non-hydrogen) atoms. The van der Waals surface area contributed by atoms with Crippen LogP contribution < -0.4 is 4.74 Å². The van der Waals surface area contributed by atoms with Gasteiger partial charge in [0.1, 0.15) is 17.1 Å². The largest absolute Gasteiger partial charge is 0.455 e. The summed E-state index contributed by atoms with van der Waals surface area (Å²) in [4.78, 5) is 27.1. The Hall–Kier alpha value is -3.41. The normalized spacial score (nSPS) is 18.0. The minimum Gasteiger partial charge on any atom is -0.455 e. The molecule has 2 aromatic carbocycles. The number of piperazine rings is 1. The number of benzene rings is 2. The lowest BCUT2D eigenvalue weighted by atomic mass is 9.92. The lowest BCUT2D eigenvalue weighted by Crippen LogP contribution is -2.45. The molecule has 1 atom stereocenters. The van der Waals surface area contributed by atoms with Crippen molar-refractivity contribution in [3.63, 3.8) is 0 Å². The van der Waals surface area contributed by atoms with E-state index in [0.29, 0.717) is 30.0 Å². The van der Waals surface area contributed by atoms with Crippen LogP contribution in [0.4, 0.5) is 13.2 Å². The smallest absolute Gasteiger partial charge is 0.416 e. The van der Waals surface area contributed by atoms with Crippen LogP contribution in [0, 0.1) is 0 Å². The molecule has 7 nitrogen and oxygen atoms in total. The molecule has 2 aliphatic rings. The van der Waals surface area contributed by atoms with Crippen LogP contribution in [0.15, 0.2) is 59.3 Å². The number of pyridine rings is 1.